The van der Waals surface area contributed by atoms with Gasteiger partial charge in [-0.3, -0.25) is 4.79 Å². The van der Waals surface area contributed by atoms with Gasteiger partial charge in [0.25, 0.3) is 0 Å². The summed E-state index contributed by atoms with van der Waals surface area (Å²) >= 11 is 0. The number of hydrogen-bond acceptors (Lipinski definition) is 6. The quantitative estimate of drug-likeness (QED) is 0.792. The van der Waals surface area contributed by atoms with Crippen molar-refractivity contribution in [1.29, 1.82) is 0 Å². The van der Waals surface area contributed by atoms with E-state index < -0.39 is 0 Å². The molecule has 0 N–H and O–H groups in total. The fourth-order valence-electron chi connectivity index (χ4n) is 4.16. The van der Waals surface area contributed by atoms with Crippen LogP contribution in [0.25, 0.3) is 0 Å². The number of aryl methyl sites for hydroxylation is 1. The monoisotopic (exact) mass is 395 g/mol. The third-order valence-corrected chi connectivity index (χ3v) is 5.92. The highest BCUT2D eigenvalue weighted by atomic mass is 16.5. The number of methoxy groups -OCH3 is 1. The summed E-state index contributed by atoms with van der Waals surface area (Å²) in [6.07, 6.45) is 3.54. The van der Waals surface area contributed by atoms with Gasteiger partial charge in [-0.05, 0) is 38.0 Å². The van der Waals surface area contributed by atoms with E-state index >= 15 is 0 Å². The van der Waals surface area contributed by atoms with E-state index in [1.807, 2.05) is 30.0 Å². The van der Waals surface area contributed by atoms with Gasteiger partial charge in [-0.2, -0.15) is 0 Å². The summed E-state index contributed by atoms with van der Waals surface area (Å²) in [5, 5.41) is 0. The minimum absolute atomic E-state index is 0.111. The van der Waals surface area contributed by atoms with Gasteiger partial charge in [-0.1, -0.05) is 6.07 Å². The minimum Gasteiger partial charge on any atom is -0.497 e. The summed E-state index contributed by atoms with van der Waals surface area (Å²) in [5.41, 5.74) is 2.13. The Hall–Kier alpha value is -2.83. The molecule has 1 amide bonds. The highest BCUT2D eigenvalue weighted by Gasteiger charge is 2.31. The number of benzene rings is 1. The lowest BCUT2D eigenvalue weighted by molar-refractivity contribution is -0.136. The lowest BCUT2D eigenvalue weighted by Gasteiger charge is -2.39. The molecule has 7 heteroatoms. The van der Waals surface area contributed by atoms with Gasteiger partial charge in [0.05, 0.1) is 7.11 Å². The molecule has 0 unspecified atom stereocenters. The zero-order chi connectivity index (χ0) is 20.2. The highest BCUT2D eigenvalue weighted by Crippen LogP contribution is 2.25. The van der Waals surface area contributed by atoms with E-state index in [0.29, 0.717) is 5.91 Å². The van der Waals surface area contributed by atoms with Crippen LogP contribution in [0.3, 0.4) is 0 Å². The van der Waals surface area contributed by atoms with Crippen LogP contribution in [-0.2, 0) is 4.79 Å². The molecule has 154 valence electrons. The van der Waals surface area contributed by atoms with Crippen LogP contribution in [0, 0.1) is 12.8 Å². The normalized spacial score (nSPS) is 18.1. The van der Waals surface area contributed by atoms with E-state index in [9.17, 15) is 4.79 Å². The molecule has 3 heterocycles. The van der Waals surface area contributed by atoms with Crippen LogP contribution in [0.2, 0.25) is 0 Å². The lowest BCUT2D eigenvalue weighted by Crippen LogP contribution is -2.51. The molecule has 7 nitrogen and oxygen atoms in total. The molecule has 0 radical (unpaired) electrons. The van der Waals surface area contributed by atoms with Crippen LogP contribution in [0.4, 0.5) is 11.6 Å². The van der Waals surface area contributed by atoms with E-state index in [4.69, 9.17) is 4.74 Å². The van der Waals surface area contributed by atoms with E-state index in [1.54, 1.807) is 13.3 Å². The highest BCUT2D eigenvalue weighted by molar-refractivity contribution is 5.79. The smallest absolute Gasteiger partial charge is 0.225 e. The molecule has 4 rings (SSSR count). The maximum Gasteiger partial charge on any atom is 0.225 e. The third-order valence-electron chi connectivity index (χ3n) is 5.92. The Morgan fingerprint density at radius 1 is 1.03 bits per heavy atom. The van der Waals surface area contributed by atoms with Gasteiger partial charge in [0, 0.05) is 68.8 Å². The second-order valence-electron chi connectivity index (χ2n) is 7.77. The number of hydrogen-bond donors (Lipinski definition) is 0. The summed E-state index contributed by atoms with van der Waals surface area (Å²) in [5.74, 6) is 2.06. The number of piperazine rings is 1. The molecule has 1 aromatic heterocycles. The fraction of sp³-hybridized carbons (Fsp3) is 0.500. The molecule has 0 spiro atoms. The van der Waals surface area contributed by atoms with E-state index in [-0.39, 0.29) is 5.92 Å². The Morgan fingerprint density at radius 2 is 1.79 bits per heavy atom. The van der Waals surface area contributed by atoms with Gasteiger partial charge in [0.15, 0.2) is 0 Å². The predicted octanol–water partition coefficient (Wildman–Crippen LogP) is 2.36. The van der Waals surface area contributed by atoms with Crippen molar-refractivity contribution in [3.63, 3.8) is 0 Å². The number of rotatable bonds is 4. The number of carbonyl (C=O) groups excluding carboxylic acids is 1. The maximum atomic E-state index is 13.0. The van der Waals surface area contributed by atoms with E-state index in [2.05, 4.69) is 31.9 Å². The van der Waals surface area contributed by atoms with Crippen LogP contribution in [0.15, 0.2) is 36.5 Å². The Labute approximate surface area is 172 Å². The molecule has 2 saturated heterocycles. The van der Waals surface area contributed by atoms with Crippen LogP contribution < -0.4 is 14.5 Å². The average molecular weight is 396 g/mol. The van der Waals surface area contributed by atoms with Gasteiger partial charge in [0.2, 0.25) is 11.9 Å². The molecular weight excluding hydrogens is 366 g/mol. The van der Waals surface area contributed by atoms with Gasteiger partial charge >= 0.3 is 0 Å². The second-order valence-corrected chi connectivity index (χ2v) is 7.77. The minimum atomic E-state index is 0.111. The molecule has 29 heavy (non-hydrogen) atoms. The number of piperidine rings is 1. The largest absolute Gasteiger partial charge is 0.497 e. The fourth-order valence-corrected chi connectivity index (χ4v) is 4.16. The summed E-state index contributed by atoms with van der Waals surface area (Å²) in [4.78, 5) is 28.5. The molecule has 0 aliphatic carbocycles. The number of carbonyl (C=O) groups is 1. The van der Waals surface area contributed by atoms with Gasteiger partial charge in [-0.15, -0.1) is 0 Å². The zero-order valence-corrected chi connectivity index (χ0v) is 17.3. The molecule has 0 saturated carbocycles. The number of aromatic nitrogens is 2. The number of nitrogens with zero attached hydrogens (tertiary/aromatic N) is 5. The first-order chi connectivity index (χ1) is 14.1. The van der Waals surface area contributed by atoms with Crippen molar-refractivity contribution in [2.24, 2.45) is 5.92 Å². The van der Waals surface area contributed by atoms with Crippen molar-refractivity contribution < 1.29 is 9.53 Å². The predicted molar refractivity (Wildman–Crippen MR) is 113 cm³/mol. The summed E-state index contributed by atoms with van der Waals surface area (Å²) in [6.45, 7) is 6.91. The SMILES string of the molecule is COc1cccc(N2CCN(C(=O)C3CCN(c4nccc(C)n4)CC3)CC2)c1. The lowest BCUT2D eigenvalue weighted by atomic mass is 9.95. The molecule has 2 aliphatic rings. The first-order valence-electron chi connectivity index (χ1n) is 10.4. The number of ether oxygens (including phenoxy) is 1. The van der Waals surface area contributed by atoms with E-state index in [1.165, 1.54) is 0 Å². The maximum absolute atomic E-state index is 13.0. The third kappa shape index (κ3) is 4.44. The standard InChI is InChI=1S/C22H29N5O2/c1-17-6-9-23-22(24-17)27-10-7-18(8-11-27)21(28)26-14-12-25(13-15-26)19-4-3-5-20(16-19)29-2/h3-6,9,16,18H,7-8,10-15H2,1-2H3. The van der Waals surface area contributed by atoms with E-state index in [0.717, 1.165) is 75.2 Å². The van der Waals surface area contributed by atoms with Gasteiger partial charge in [-0.25, -0.2) is 9.97 Å². The van der Waals surface area contributed by atoms with Crippen LogP contribution >= 0.6 is 0 Å². The topological polar surface area (TPSA) is 61.8 Å². The van der Waals surface area contributed by atoms with Crippen molar-refractivity contribution in [2.75, 3.05) is 56.2 Å². The second kappa shape index (κ2) is 8.68. The summed E-state index contributed by atoms with van der Waals surface area (Å²) < 4.78 is 5.33. The van der Waals surface area contributed by atoms with Crippen molar-refractivity contribution in [1.82, 2.24) is 14.9 Å². The average Bonchev–Trinajstić information content (AvgIpc) is 2.79. The number of anilines is 2. The molecular formula is C22H29N5O2. The molecule has 2 aromatic rings. The van der Waals surface area contributed by atoms with Crippen molar-refractivity contribution >= 4 is 17.5 Å². The molecule has 0 bridgehead atoms. The molecule has 2 aliphatic heterocycles. The van der Waals surface area contributed by atoms with Gasteiger partial charge in [0.1, 0.15) is 5.75 Å². The molecule has 2 fully saturated rings. The van der Waals surface area contributed by atoms with Crippen molar-refractivity contribution in [3.8, 4) is 5.75 Å². The molecule has 1 aromatic carbocycles. The zero-order valence-electron chi connectivity index (χ0n) is 17.3. The summed E-state index contributed by atoms with van der Waals surface area (Å²) in [6, 6.07) is 10.0. The first kappa shape index (κ1) is 19.5. The first-order valence-corrected chi connectivity index (χ1v) is 10.4. The van der Waals surface area contributed by atoms with Crippen LogP contribution in [0.5, 0.6) is 5.75 Å². The number of amides is 1. The summed E-state index contributed by atoms with van der Waals surface area (Å²) in [7, 11) is 1.69. The van der Waals surface area contributed by atoms with Crippen molar-refractivity contribution in [2.45, 2.75) is 19.8 Å². The van der Waals surface area contributed by atoms with Crippen molar-refractivity contribution in [3.05, 3.63) is 42.2 Å². The Balaban J connectivity index is 1.29. The van der Waals surface area contributed by atoms with Gasteiger partial charge < -0.3 is 19.4 Å². The Bertz CT molecular complexity index is 843. The Kier molecular flexibility index (Phi) is 5.83. The molecule has 0 atom stereocenters. The van der Waals surface area contributed by atoms with Crippen LogP contribution in [0.1, 0.15) is 18.5 Å². The Morgan fingerprint density at radius 3 is 2.48 bits per heavy atom. The van der Waals surface area contributed by atoms with Crippen LogP contribution in [-0.4, -0.2) is 67.2 Å².